The zero-order valence-corrected chi connectivity index (χ0v) is 11.8. The maximum Gasteiger partial charge on any atom is 0.411 e. The van der Waals surface area contributed by atoms with Gasteiger partial charge in [0.1, 0.15) is 5.60 Å². The monoisotopic (exact) mass is 341 g/mol. The number of hydrogen-bond acceptors (Lipinski definition) is 3. The van der Waals surface area contributed by atoms with Crippen molar-refractivity contribution < 1.29 is 19.4 Å². The Bertz CT molecular complexity index is 312. The molecule has 1 N–H and O–H groups in total. The van der Waals surface area contributed by atoms with Gasteiger partial charge >= 0.3 is 12.1 Å². The van der Waals surface area contributed by atoms with Crippen molar-refractivity contribution in [1.82, 2.24) is 4.90 Å². The Hall–Kier alpha value is -0.530. The summed E-state index contributed by atoms with van der Waals surface area (Å²) in [5.41, 5.74) is -0.601. The molecule has 5 nitrogen and oxygen atoms in total. The van der Waals surface area contributed by atoms with Gasteiger partial charge in [0.2, 0.25) is 0 Å². The van der Waals surface area contributed by atoms with E-state index in [0.29, 0.717) is 19.4 Å². The van der Waals surface area contributed by atoms with E-state index in [1.54, 1.807) is 20.8 Å². The lowest BCUT2D eigenvalue weighted by atomic mass is 10.2. The van der Waals surface area contributed by atoms with Crippen molar-refractivity contribution in [3.05, 3.63) is 0 Å². The first-order valence-corrected chi connectivity index (χ1v) is 6.17. The van der Waals surface area contributed by atoms with Crippen molar-refractivity contribution in [2.75, 3.05) is 6.54 Å². The molecule has 0 spiro atoms. The second kappa shape index (κ2) is 4.38. The number of likely N-dealkylation sites (tertiary alicyclic amines) is 1. The second-order valence-electron chi connectivity index (χ2n) is 4.80. The van der Waals surface area contributed by atoms with Crippen LogP contribution < -0.4 is 0 Å². The molecule has 0 aromatic rings. The highest BCUT2D eigenvalue weighted by Crippen LogP contribution is 2.36. The Morgan fingerprint density at radius 3 is 2.44 bits per heavy atom. The van der Waals surface area contributed by atoms with E-state index in [-0.39, 0.29) is 0 Å². The van der Waals surface area contributed by atoms with Crippen LogP contribution in [0.3, 0.4) is 0 Å². The third-order valence-corrected chi connectivity index (χ3v) is 3.84. The molecule has 16 heavy (non-hydrogen) atoms. The van der Waals surface area contributed by atoms with Crippen LogP contribution in [0, 0.1) is 0 Å². The Kier molecular flexibility index (Phi) is 3.71. The number of hydrogen-bond donors (Lipinski definition) is 1. The van der Waals surface area contributed by atoms with Crippen LogP contribution in [0.25, 0.3) is 0 Å². The van der Waals surface area contributed by atoms with E-state index in [0.717, 1.165) is 0 Å². The molecule has 1 aliphatic rings. The molecule has 0 aromatic heterocycles. The zero-order valence-electron chi connectivity index (χ0n) is 9.62. The van der Waals surface area contributed by atoms with Gasteiger partial charge in [0, 0.05) is 6.54 Å². The molecule has 1 heterocycles. The molecular weight excluding hydrogens is 325 g/mol. The highest BCUT2D eigenvalue weighted by atomic mass is 127. The predicted molar refractivity (Wildman–Crippen MR) is 66.6 cm³/mol. The van der Waals surface area contributed by atoms with E-state index < -0.39 is 21.2 Å². The van der Waals surface area contributed by atoms with Gasteiger partial charge < -0.3 is 9.84 Å². The summed E-state index contributed by atoms with van der Waals surface area (Å²) < 4.78 is 4.03. The second-order valence-corrected chi connectivity index (χ2v) is 6.58. The minimum atomic E-state index is -1.15. The topological polar surface area (TPSA) is 66.8 Å². The molecule has 1 aliphatic heterocycles. The largest absolute Gasteiger partial charge is 0.479 e. The predicted octanol–water partition coefficient (Wildman–Crippen LogP) is 2.23. The van der Waals surface area contributed by atoms with Crippen molar-refractivity contribution in [2.24, 2.45) is 0 Å². The van der Waals surface area contributed by atoms with Crippen LogP contribution in [0.1, 0.15) is 33.6 Å². The van der Waals surface area contributed by atoms with Gasteiger partial charge in [-0.25, -0.2) is 9.59 Å². The van der Waals surface area contributed by atoms with Crippen LogP contribution in [0.15, 0.2) is 0 Å². The van der Waals surface area contributed by atoms with Crippen LogP contribution in [-0.4, -0.2) is 37.8 Å². The lowest BCUT2D eigenvalue weighted by Crippen LogP contribution is -2.49. The molecular formula is C10H16INO4. The number of alkyl halides is 1. The zero-order chi connectivity index (χ0) is 12.6. The number of amides is 1. The van der Waals surface area contributed by atoms with Gasteiger partial charge in [-0.15, -0.1) is 0 Å². The highest BCUT2D eigenvalue weighted by molar-refractivity contribution is 14.1. The molecule has 1 amide bonds. The minimum absolute atomic E-state index is 0.435. The van der Waals surface area contributed by atoms with E-state index in [1.165, 1.54) is 4.90 Å². The molecule has 0 bridgehead atoms. The molecule has 0 saturated carbocycles. The molecule has 0 radical (unpaired) electrons. The third-order valence-electron chi connectivity index (χ3n) is 2.26. The number of carbonyl (C=O) groups is 2. The summed E-state index contributed by atoms with van der Waals surface area (Å²) in [6, 6.07) is 0. The quantitative estimate of drug-likeness (QED) is 0.451. The molecule has 1 saturated heterocycles. The number of carboxylic acid groups (broad SMARTS) is 1. The number of carboxylic acids is 1. The number of ether oxygens (including phenoxy) is 1. The van der Waals surface area contributed by atoms with E-state index >= 15 is 0 Å². The first-order valence-electron chi connectivity index (χ1n) is 5.10. The van der Waals surface area contributed by atoms with Crippen molar-refractivity contribution in [1.29, 1.82) is 0 Å². The van der Waals surface area contributed by atoms with E-state index in [4.69, 9.17) is 9.84 Å². The highest BCUT2D eigenvalue weighted by Gasteiger charge is 2.49. The Balaban J connectivity index is 2.80. The average Bonchev–Trinajstić information content (AvgIpc) is 2.45. The third kappa shape index (κ3) is 2.78. The van der Waals surface area contributed by atoms with E-state index in [1.807, 2.05) is 22.6 Å². The first-order chi connectivity index (χ1) is 7.17. The van der Waals surface area contributed by atoms with Gasteiger partial charge in [0.15, 0.2) is 3.55 Å². The normalized spacial score (nSPS) is 25.6. The Morgan fingerprint density at radius 1 is 1.44 bits per heavy atom. The summed E-state index contributed by atoms with van der Waals surface area (Å²) >= 11 is 1.81. The number of carbonyl (C=O) groups excluding carboxylic acids is 1. The lowest BCUT2D eigenvalue weighted by molar-refractivity contribution is -0.142. The molecule has 1 atom stereocenters. The van der Waals surface area contributed by atoms with Gasteiger partial charge in [-0.05, 0) is 56.2 Å². The van der Waals surface area contributed by atoms with E-state index in [9.17, 15) is 9.59 Å². The maximum absolute atomic E-state index is 11.8. The first kappa shape index (κ1) is 13.5. The van der Waals surface area contributed by atoms with Crippen LogP contribution in [0.2, 0.25) is 0 Å². The molecule has 0 aromatic carbocycles. The number of rotatable bonds is 1. The summed E-state index contributed by atoms with van der Waals surface area (Å²) in [6.45, 7) is 5.72. The average molecular weight is 341 g/mol. The summed E-state index contributed by atoms with van der Waals surface area (Å²) in [4.78, 5) is 24.3. The minimum Gasteiger partial charge on any atom is -0.479 e. The summed E-state index contributed by atoms with van der Waals surface area (Å²) in [6.07, 6.45) is 0.596. The van der Waals surface area contributed by atoms with Crippen LogP contribution in [0.5, 0.6) is 0 Å². The number of aliphatic carboxylic acids is 1. The van der Waals surface area contributed by atoms with Crippen molar-refractivity contribution in [3.8, 4) is 0 Å². The van der Waals surface area contributed by atoms with Crippen molar-refractivity contribution >= 4 is 34.7 Å². The van der Waals surface area contributed by atoms with Gasteiger partial charge in [-0.2, -0.15) is 0 Å². The summed E-state index contributed by atoms with van der Waals surface area (Å²) in [5, 5.41) is 9.13. The molecule has 0 aliphatic carbocycles. The van der Waals surface area contributed by atoms with Crippen LogP contribution >= 0.6 is 22.6 Å². The summed E-state index contributed by atoms with van der Waals surface area (Å²) in [7, 11) is 0. The van der Waals surface area contributed by atoms with Gasteiger partial charge in [0.25, 0.3) is 0 Å². The fourth-order valence-electron chi connectivity index (χ4n) is 1.56. The van der Waals surface area contributed by atoms with Crippen molar-refractivity contribution in [2.45, 2.75) is 42.8 Å². The van der Waals surface area contributed by atoms with E-state index in [2.05, 4.69) is 0 Å². The Labute approximate surface area is 108 Å². The number of nitrogens with zero attached hydrogens (tertiary/aromatic N) is 1. The van der Waals surface area contributed by atoms with Gasteiger partial charge in [-0.1, -0.05) is 0 Å². The fourth-order valence-corrected chi connectivity index (χ4v) is 2.38. The van der Waals surface area contributed by atoms with Gasteiger partial charge in [0.05, 0.1) is 0 Å². The molecule has 92 valence electrons. The van der Waals surface area contributed by atoms with Crippen LogP contribution in [-0.2, 0) is 9.53 Å². The molecule has 6 heteroatoms. The van der Waals surface area contributed by atoms with Gasteiger partial charge in [-0.3, -0.25) is 4.90 Å². The Morgan fingerprint density at radius 2 is 2.00 bits per heavy atom. The summed E-state index contributed by atoms with van der Waals surface area (Å²) in [5.74, 6) is -0.989. The standard InChI is InChI=1S/C10H16INO4/c1-9(2,3)16-8(15)12-6-4-5-10(12,11)7(13)14/h4-6H2,1-3H3,(H,13,14)/t10-/m0/s1. The van der Waals surface area contributed by atoms with Crippen LogP contribution in [0.4, 0.5) is 4.79 Å². The lowest BCUT2D eigenvalue weighted by Gasteiger charge is -2.31. The fraction of sp³-hybridized carbons (Fsp3) is 0.800. The smallest absolute Gasteiger partial charge is 0.411 e. The van der Waals surface area contributed by atoms with Crippen molar-refractivity contribution in [3.63, 3.8) is 0 Å². The maximum atomic E-state index is 11.8. The molecule has 1 rings (SSSR count). The SMILES string of the molecule is CC(C)(C)OC(=O)N1CCC[C@@]1(I)C(=O)O. The molecule has 1 fully saturated rings. The number of halogens is 1. The molecule has 0 unspecified atom stereocenters.